The van der Waals surface area contributed by atoms with E-state index in [9.17, 15) is 13.6 Å². The lowest BCUT2D eigenvalue weighted by atomic mass is 10.2. The van der Waals surface area contributed by atoms with Crippen LogP contribution in [0.25, 0.3) is 0 Å². The van der Waals surface area contributed by atoms with Crippen LogP contribution in [0.3, 0.4) is 0 Å². The summed E-state index contributed by atoms with van der Waals surface area (Å²) in [4.78, 5) is 16.4. The van der Waals surface area contributed by atoms with Gasteiger partial charge in [0.25, 0.3) is 5.91 Å². The molecule has 1 amide bonds. The first-order valence-corrected chi connectivity index (χ1v) is 8.02. The van der Waals surface area contributed by atoms with E-state index in [1.807, 2.05) is 0 Å². The summed E-state index contributed by atoms with van der Waals surface area (Å²) in [7, 11) is 1.63. The molecule has 0 radical (unpaired) electrons. The predicted octanol–water partition coefficient (Wildman–Crippen LogP) is 3.66. The maximum absolute atomic E-state index is 14.0. The molecular weight excluding hydrogens is 338 g/mol. The highest BCUT2D eigenvalue weighted by atomic mass is 32.2. The van der Waals surface area contributed by atoms with Crippen molar-refractivity contribution in [2.45, 2.75) is 4.90 Å². The van der Waals surface area contributed by atoms with Gasteiger partial charge in [0.1, 0.15) is 11.5 Å². The molecule has 5 nitrogen and oxygen atoms in total. The minimum atomic E-state index is -1.28. The standard InChI is InChI=1S/C16H12F2N2O3S/c1-22-10-5-9(6-11(7-10)23-2)16(21)20-24-8-19-13-4-3-12(17)14(18)15(13)24/h3-8H,1-2H3. The number of carbonyl (C=O) groups is 1. The summed E-state index contributed by atoms with van der Waals surface area (Å²) in [6, 6.07) is 6.95. The number of ether oxygens (including phenoxy) is 2. The van der Waals surface area contributed by atoms with Crippen molar-refractivity contribution in [1.29, 1.82) is 0 Å². The van der Waals surface area contributed by atoms with Crippen LogP contribution in [0.15, 0.2) is 44.6 Å². The maximum Gasteiger partial charge on any atom is 0.283 e. The molecule has 0 N–H and O–H groups in total. The topological polar surface area (TPSA) is 60.2 Å². The lowest BCUT2D eigenvalue weighted by Crippen LogP contribution is -2.02. The summed E-state index contributed by atoms with van der Waals surface area (Å²) in [6.07, 6.45) is 0. The first-order valence-electron chi connectivity index (χ1n) is 6.78. The SMILES string of the molecule is COc1cc(OC)cc(C(=O)N=S2C=Nc3ccc(F)c(F)c32)c1. The molecule has 8 heteroatoms. The molecule has 0 aliphatic carbocycles. The van der Waals surface area contributed by atoms with Gasteiger partial charge in [-0.15, -0.1) is 0 Å². The van der Waals surface area contributed by atoms with Crippen LogP contribution in [0.4, 0.5) is 14.5 Å². The van der Waals surface area contributed by atoms with Crippen molar-refractivity contribution < 1.29 is 23.0 Å². The summed E-state index contributed by atoms with van der Waals surface area (Å²) >= 11 is 0. The Kier molecular flexibility index (Phi) is 4.39. The van der Waals surface area contributed by atoms with Crippen LogP contribution in [0, 0.1) is 11.6 Å². The van der Waals surface area contributed by atoms with Gasteiger partial charge in [-0.2, -0.15) is 4.36 Å². The van der Waals surface area contributed by atoms with Crippen LogP contribution >= 0.6 is 0 Å². The van der Waals surface area contributed by atoms with E-state index in [-0.39, 0.29) is 16.1 Å². The van der Waals surface area contributed by atoms with E-state index < -0.39 is 28.2 Å². The molecular formula is C16H12F2N2O3S. The third kappa shape index (κ3) is 2.92. The van der Waals surface area contributed by atoms with Crippen LogP contribution in [-0.4, -0.2) is 25.7 Å². The highest BCUT2D eigenvalue weighted by molar-refractivity contribution is 8.01. The highest BCUT2D eigenvalue weighted by Gasteiger charge is 2.22. The molecule has 0 spiro atoms. The smallest absolute Gasteiger partial charge is 0.283 e. The number of fused-ring (bicyclic) bond motifs is 1. The number of carbonyl (C=O) groups excluding carboxylic acids is 1. The van der Waals surface area contributed by atoms with E-state index in [1.54, 1.807) is 6.07 Å². The molecule has 24 heavy (non-hydrogen) atoms. The third-order valence-corrected chi connectivity index (χ3v) is 4.78. The van der Waals surface area contributed by atoms with Crippen molar-refractivity contribution in [3.05, 3.63) is 47.5 Å². The van der Waals surface area contributed by atoms with E-state index in [0.717, 1.165) is 6.07 Å². The summed E-state index contributed by atoms with van der Waals surface area (Å²) in [5.41, 5.74) is 1.83. The number of rotatable bonds is 3. The molecule has 0 bridgehead atoms. The van der Waals surface area contributed by atoms with Gasteiger partial charge in [-0.3, -0.25) is 4.79 Å². The molecule has 0 saturated carbocycles. The van der Waals surface area contributed by atoms with E-state index in [4.69, 9.17) is 9.47 Å². The number of benzene rings is 2. The van der Waals surface area contributed by atoms with Crippen LogP contribution in [-0.2, 0) is 10.7 Å². The molecule has 124 valence electrons. The van der Waals surface area contributed by atoms with Crippen molar-refractivity contribution in [1.82, 2.24) is 0 Å². The second kappa shape index (κ2) is 6.48. The predicted molar refractivity (Wildman–Crippen MR) is 86.4 cm³/mol. The maximum atomic E-state index is 14.0. The van der Waals surface area contributed by atoms with Crippen LogP contribution < -0.4 is 9.47 Å². The second-order valence-electron chi connectivity index (χ2n) is 4.76. The zero-order valence-electron chi connectivity index (χ0n) is 12.7. The second-order valence-corrected chi connectivity index (χ2v) is 6.19. The Morgan fingerprint density at radius 3 is 2.42 bits per heavy atom. The summed E-state index contributed by atoms with van der Waals surface area (Å²) in [6.45, 7) is 0. The Morgan fingerprint density at radius 2 is 1.79 bits per heavy atom. The number of hydrogen-bond acceptors (Lipinski definition) is 4. The Balaban J connectivity index is 2.02. The Hall–Kier alpha value is -2.61. The largest absolute Gasteiger partial charge is 0.497 e. The van der Waals surface area contributed by atoms with Crippen molar-refractivity contribution in [2.24, 2.45) is 9.36 Å². The zero-order chi connectivity index (χ0) is 17.3. The average molecular weight is 350 g/mol. The Bertz CT molecular complexity index is 875. The number of hydrogen-bond donors (Lipinski definition) is 0. The number of methoxy groups -OCH3 is 2. The molecule has 1 aliphatic rings. The minimum absolute atomic E-state index is 0.0155. The highest BCUT2D eigenvalue weighted by Crippen LogP contribution is 2.33. The van der Waals surface area contributed by atoms with Crippen LogP contribution in [0.1, 0.15) is 10.4 Å². The molecule has 0 aromatic heterocycles. The van der Waals surface area contributed by atoms with Crippen LogP contribution in [0.5, 0.6) is 11.5 Å². The number of nitrogens with zero attached hydrogens (tertiary/aromatic N) is 2. The molecule has 2 aromatic carbocycles. The fraction of sp³-hybridized carbons (Fsp3) is 0.125. The minimum Gasteiger partial charge on any atom is -0.497 e. The monoisotopic (exact) mass is 350 g/mol. The lowest BCUT2D eigenvalue weighted by molar-refractivity contribution is 0.100. The molecule has 0 saturated heterocycles. The van der Waals surface area contributed by atoms with Crippen LogP contribution in [0.2, 0.25) is 0 Å². The number of aliphatic imine (C=N–C) groups is 1. The van der Waals surface area contributed by atoms with E-state index in [2.05, 4.69) is 9.36 Å². The van der Waals surface area contributed by atoms with E-state index in [1.165, 1.54) is 38.0 Å². The van der Waals surface area contributed by atoms with Crippen molar-refractivity contribution in [3.63, 3.8) is 0 Å². The fourth-order valence-corrected chi connectivity index (χ4v) is 3.48. The van der Waals surface area contributed by atoms with Gasteiger partial charge in [-0.05, 0) is 35.0 Å². The molecule has 2 aromatic rings. The van der Waals surface area contributed by atoms with Gasteiger partial charge in [0.05, 0.1) is 30.3 Å². The zero-order valence-corrected chi connectivity index (χ0v) is 13.6. The number of halogens is 2. The molecule has 0 fully saturated rings. The van der Waals surface area contributed by atoms with E-state index >= 15 is 0 Å². The van der Waals surface area contributed by atoms with Gasteiger partial charge >= 0.3 is 0 Å². The Labute approximate surface area is 139 Å². The number of amides is 1. The van der Waals surface area contributed by atoms with Crippen molar-refractivity contribution >= 4 is 27.8 Å². The van der Waals surface area contributed by atoms with Gasteiger partial charge in [0.15, 0.2) is 11.6 Å². The van der Waals surface area contributed by atoms with Crippen molar-refractivity contribution in [2.75, 3.05) is 14.2 Å². The van der Waals surface area contributed by atoms with Crippen molar-refractivity contribution in [3.8, 4) is 11.5 Å². The normalized spacial score (nSPS) is 15.4. The molecule has 1 heterocycles. The molecule has 3 rings (SSSR count). The molecule has 1 atom stereocenters. The molecule has 1 aliphatic heterocycles. The van der Waals surface area contributed by atoms with Gasteiger partial charge in [0, 0.05) is 11.6 Å². The Morgan fingerprint density at radius 1 is 1.12 bits per heavy atom. The molecule has 1 unspecified atom stereocenters. The fourth-order valence-electron chi connectivity index (χ4n) is 2.12. The lowest BCUT2D eigenvalue weighted by Gasteiger charge is -2.07. The summed E-state index contributed by atoms with van der Waals surface area (Å²) in [5, 5.41) is 0. The summed E-state index contributed by atoms with van der Waals surface area (Å²) < 4.78 is 41.6. The van der Waals surface area contributed by atoms with Gasteiger partial charge in [0.2, 0.25) is 0 Å². The third-order valence-electron chi connectivity index (χ3n) is 3.31. The van der Waals surface area contributed by atoms with Gasteiger partial charge in [-0.25, -0.2) is 13.8 Å². The summed E-state index contributed by atoms with van der Waals surface area (Å²) in [5.74, 6) is -1.78. The average Bonchev–Trinajstić information content (AvgIpc) is 3.01. The van der Waals surface area contributed by atoms with Gasteiger partial charge in [-0.1, -0.05) is 0 Å². The van der Waals surface area contributed by atoms with Gasteiger partial charge < -0.3 is 9.47 Å². The quantitative estimate of drug-likeness (QED) is 0.849. The first kappa shape index (κ1) is 16.3. The van der Waals surface area contributed by atoms with E-state index in [0.29, 0.717) is 11.5 Å². The first-order chi connectivity index (χ1) is 11.5.